The summed E-state index contributed by atoms with van der Waals surface area (Å²) >= 11 is 1.28. The van der Waals surface area contributed by atoms with Crippen LogP contribution in [0.1, 0.15) is 24.1 Å². The second-order valence-electron chi connectivity index (χ2n) is 6.04. The van der Waals surface area contributed by atoms with Crippen molar-refractivity contribution in [2.45, 2.75) is 13.0 Å². The summed E-state index contributed by atoms with van der Waals surface area (Å²) in [6.07, 6.45) is 4.87. The standard InChI is InChI=1S/C20H16N2O4S/c1-12-16(19(24)25-2)17(14-6-4-3-5-7-14)22-18(23)15(27-20(22)21-12)10-13-8-9-26-11-13/h3-11,17H,1-2H3/t17-/m0/s1. The molecule has 3 aromatic rings. The van der Waals surface area contributed by atoms with E-state index >= 15 is 0 Å². The predicted molar refractivity (Wildman–Crippen MR) is 101 cm³/mol. The highest BCUT2D eigenvalue weighted by Gasteiger charge is 2.32. The Morgan fingerprint density at radius 3 is 2.74 bits per heavy atom. The number of thiazole rings is 1. The van der Waals surface area contributed by atoms with Gasteiger partial charge in [0.25, 0.3) is 5.56 Å². The van der Waals surface area contributed by atoms with Crippen molar-refractivity contribution in [2.24, 2.45) is 4.99 Å². The van der Waals surface area contributed by atoms with Gasteiger partial charge in [0.05, 0.1) is 41.5 Å². The van der Waals surface area contributed by atoms with Gasteiger partial charge in [-0.05, 0) is 24.6 Å². The number of ether oxygens (including phenoxy) is 1. The summed E-state index contributed by atoms with van der Waals surface area (Å²) in [7, 11) is 1.33. The Morgan fingerprint density at radius 2 is 2.07 bits per heavy atom. The number of carbonyl (C=O) groups is 1. The maximum atomic E-state index is 13.2. The fraction of sp³-hybridized carbons (Fsp3) is 0.150. The molecule has 2 aromatic heterocycles. The van der Waals surface area contributed by atoms with Crippen molar-refractivity contribution in [3.8, 4) is 0 Å². The van der Waals surface area contributed by atoms with Gasteiger partial charge in [0, 0.05) is 5.56 Å². The largest absolute Gasteiger partial charge is 0.472 e. The zero-order valence-corrected chi connectivity index (χ0v) is 15.5. The van der Waals surface area contributed by atoms with E-state index < -0.39 is 12.0 Å². The molecule has 6 nitrogen and oxygen atoms in total. The third kappa shape index (κ3) is 2.96. The number of hydrogen-bond donors (Lipinski definition) is 0. The fourth-order valence-electron chi connectivity index (χ4n) is 3.15. The van der Waals surface area contributed by atoms with Crippen LogP contribution in [-0.4, -0.2) is 17.6 Å². The van der Waals surface area contributed by atoms with E-state index in [2.05, 4.69) is 4.99 Å². The third-order valence-corrected chi connectivity index (χ3v) is 5.37. The summed E-state index contributed by atoms with van der Waals surface area (Å²) in [5, 5.41) is 0. The van der Waals surface area contributed by atoms with Crippen molar-refractivity contribution in [3.63, 3.8) is 0 Å². The average molecular weight is 380 g/mol. The summed E-state index contributed by atoms with van der Waals surface area (Å²) in [5.74, 6) is -0.491. The maximum Gasteiger partial charge on any atom is 0.338 e. The molecule has 0 aliphatic carbocycles. The molecule has 1 aromatic carbocycles. The Kier molecular flexibility index (Phi) is 4.37. The summed E-state index contributed by atoms with van der Waals surface area (Å²) in [6, 6.07) is 10.6. The van der Waals surface area contributed by atoms with Crippen molar-refractivity contribution in [2.75, 3.05) is 7.11 Å². The molecule has 27 heavy (non-hydrogen) atoms. The lowest BCUT2D eigenvalue weighted by Crippen LogP contribution is -2.39. The Hall–Kier alpha value is -3.19. The van der Waals surface area contributed by atoms with E-state index in [0.29, 0.717) is 20.6 Å². The van der Waals surface area contributed by atoms with Gasteiger partial charge < -0.3 is 9.15 Å². The first-order valence-electron chi connectivity index (χ1n) is 8.28. The third-order valence-electron chi connectivity index (χ3n) is 4.38. The summed E-state index contributed by atoms with van der Waals surface area (Å²) in [6.45, 7) is 1.76. The number of allylic oxidation sites excluding steroid dienone is 1. The molecular formula is C20H16N2O4S. The maximum absolute atomic E-state index is 13.2. The topological polar surface area (TPSA) is 73.8 Å². The van der Waals surface area contributed by atoms with Crippen molar-refractivity contribution in [3.05, 3.63) is 91.0 Å². The number of carbonyl (C=O) groups excluding carboxylic acids is 1. The smallest absolute Gasteiger partial charge is 0.338 e. The van der Waals surface area contributed by atoms with Crippen molar-refractivity contribution in [1.82, 2.24) is 4.57 Å². The molecule has 3 heterocycles. The van der Waals surface area contributed by atoms with Gasteiger partial charge >= 0.3 is 5.97 Å². The highest BCUT2D eigenvalue weighted by molar-refractivity contribution is 7.07. The molecule has 0 saturated heterocycles. The van der Waals surface area contributed by atoms with Crippen LogP contribution in [0.4, 0.5) is 0 Å². The van der Waals surface area contributed by atoms with Crippen LogP contribution in [0.25, 0.3) is 6.08 Å². The molecule has 0 fully saturated rings. The molecule has 0 N–H and O–H groups in total. The highest BCUT2D eigenvalue weighted by Crippen LogP contribution is 2.30. The van der Waals surface area contributed by atoms with Gasteiger partial charge in [-0.2, -0.15) is 0 Å². The SMILES string of the molecule is COC(=O)C1=C(C)N=c2sc(=Cc3ccoc3)c(=O)n2[C@H]1c1ccccc1. The molecule has 1 aliphatic heterocycles. The monoisotopic (exact) mass is 380 g/mol. The van der Waals surface area contributed by atoms with Crippen molar-refractivity contribution in [1.29, 1.82) is 0 Å². The lowest BCUT2D eigenvalue weighted by atomic mass is 9.96. The minimum Gasteiger partial charge on any atom is -0.472 e. The number of esters is 1. The van der Waals surface area contributed by atoms with Crippen LogP contribution in [0.5, 0.6) is 0 Å². The van der Waals surface area contributed by atoms with Crippen LogP contribution in [0.2, 0.25) is 0 Å². The summed E-state index contributed by atoms with van der Waals surface area (Å²) in [5.41, 5.74) is 2.32. The van der Waals surface area contributed by atoms with Gasteiger partial charge in [-0.3, -0.25) is 9.36 Å². The minimum atomic E-state index is -0.582. The number of aromatic nitrogens is 1. The van der Waals surface area contributed by atoms with Crippen LogP contribution < -0.4 is 14.9 Å². The van der Waals surface area contributed by atoms with Gasteiger partial charge in [0.1, 0.15) is 0 Å². The van der Waals surface area contributed by atoms with E-state index in [4.69, 9.17) is 9.15 Å². The van der Waals surface area contributed by atoms with Gasteiger partial charge in [-0.25, -0.2) is 9.79 Å². The first kappa shape index (κ1) is 17.2. The molecule has 0 spiro atoms. The Labute approximate surface area is 158 Å². The highest BCUT2D eigenvalue weighted by atomic mass is 32.1. The quantitative estimate of drug-likeness (QED) is 0.652. The average Bonchev–Trinajstić information content (AvgIpc) is 3.29. The molecule has 0 unspecified atom stereocenters. The van der Waals surface area contributed by atoms with Crippen molar-refractivity contribution >= 4 is 23.4 Å². The molecule has 1 atom stereocenters. The number of rotatable bonds is 3. The van der Waals surface area contributed by atoms with Gasteiger partial charge in [-0.15, -0.1) is 0 Å². The molecule has 0 amide bonds. The Bertz CT molecular complexity index is 1200. The number of nitrogens with zero attached hydrogens (tertiary/aromatic N) is 2. The van der Waals surface area contributed by atoms with Gasteiger partial charge in [-0.1, -0.05) is 41.7 Å². The van der Waals surface area contributed by atoms with Crippen LogP contribution >= 0.6 is 11.3 Å². The van der Waals surface area contributed by atoms with Gasteiger partial charge in [0.15, 0.2) is 4.80 Å². The van der Waals surface area contributed by atoms with Crippen LogP contribution in [0.3, 0.4) is 0 Å². The van der Waals surface area contributed by atoms with Gasteiger partial charge in [0.2, 0.25) is 0 Å². The second-order valence-corrected chi connectivity index (χ2v) is 7.05. The summed E-state index contributed by atoms with van der Waals surface area (Å²) in [4.78, 5) is 30.7. The minimum absolute atomic E-state index is 0.206. The predicted octanol–water partition coefficient (Wildman–Crippen LogP) is 2.00. The first-order valence-corrected chi connectivity index (χ1v) is 9.10. The zero-order chi connectivity index (χ0) is 19.0. The molecule has 0 radical (unpaired) electrons. The molecule has 0 bridgehead atoms. The molecule has 1 aliphatic rings. The van der Waals surface area contributed by atoms with Crippen LogP contribution in [0, 0.1) is 0 Å². The summed E-state index contributed by atoms with van der Waals surface area (Å²) < 4.78 is 12.1. The number of methoxy groups -OCH3 is 1. The van der Waals surface area contributed by atoms with E-state index in [-0.39, 0.29) is 5.56 Å². The number of hydrogen-bond acceptors (Lipinski definition) is 6. The number of fused-ring (bicyclic) bond motifs is 1. The second kappa shape index (κ2) is 6.85. The van der Waals surface area contributed by atoms with E-state index in [9.17, 15) is 9.59 Å². The van der Waals surface area contributed by atoms with Crippen molar-refractivity contribution < 1.29 is 13.9 Å². The molecular weight excluding hydrogens is 364 g/mol. The van der Waals surface area contributed by atoms with E-state index in [1.54, 1.807) is 36.2 Å². The lowest BCUT2D eigenvalue weighted by molar-refractivity contribution is -0.136. The normalized spacial score (nSPS) is 16.8. The van der Waals surface area contributed by atoms with E-state index in [1.165, 1.54) is 18.4 Å². The molecule has 136 valence electrons. The zero-order valence-electron chi connectivity index (χ0n) is 14.7. The molecule has 7 heteroatoms. The number of furan rings is 1. The lowest BCUT2D eigenvalue weighted by Gasteiger charge is -2.24. The first-order chi connectivity index (χ1) is 13.1. The van der Waals surface area contributed by atoms with E-state index in [1.807, 2.05) is 30.3 Å². The van der Waals surface area contributed by atoms with Crippen LogP contribution in [-0.2, 0) is 9.53 Å². The number of benzene rings is 1. The fourth-order valence-corrected chi connectivity index (χ4v) is 4.20. The molecule has 4 rings (SSSR count). The molecule has 0 saturated carbocycles. The van der Waals surface area contributed by atoms with E-state index in [0.717, 1.165) is 11.1 Å². The van der Waals surface area contributed by atoms with Crippen LogP contribution in [0.15, 0.2) is 74.4 Å². The Morgan fingerprint density at radius 1 is 1.30 bits per heavy atom. The Balaban J connectivity index is 2.00.